The van der Waals surface area contributed by atoms with Gasteiger partial charge in [-0.2, -0.15) is 31.3 Å². The van der Waals surface area contributed by atoms with Gasteiger partial charge in [0.1, 0.15) is 17.7 Å². The van der Waals surface area contributed by atoms with Crippen molar-refractivity contribution >= 4 is 11.8 Å². The number of rotatable bonds is 8. The maximum Gasteiger partial charge on any atom is 0.421 e. The zero-order chi connectivity index (χ0) is 24.4. The fourth-order valence-electron chi connectivity index (χ4n) is 3.13. The molecule has 0 saturated heterocycles. The Morgan fingerprint density at radius 3 is 2.48 bits per heavy atom. The van der Waals surface area contributed by atoms with E-state index in [2.05, 4.69) is 30.6 Å². The van der Waals surface area contributed by atoms with Gasteiger partial charge in [-0.25, -0.2) is 15.0 Å². The van der Waals surface area contributed by atoms with E-state index in [0.717, 1.165) is 6.33 Å². The lowest BCUT2D eigenvalue weighted by Gasteiger charge is -2.49. The first-order valence-corrected chi connectivity index (χ1v) is 9.88. The van der Waals surface area contributed by atoms with Gasteiger partial charge in [-0.3, -0.25) is 0 Å². The minimum absolute atomic E-state index is 0.0998. The number of hydrogen-bond donors (Lipinski definition) is 3. The molecule has 1 aliphatic rings. The van der Waals surface area contributed by atoms with E-state index in [9.17, 15) is 31.4 Å². The minimum Gasteiger partial charge on any atom is -0.477 e. The summed E-state index contributed by atoms with van der Waals surface area (Å²) in [4.78, 5) is 15.2. The third-order valence-electron chi connectivity index (χ3n) is 5.43. The second kappa shape index (κ2) is 9.15. The molecule has 8 nitrogen and oxygen atoms in total. The van der Waals surface area contributed by atoms with Crippen LogP contribution in [-0.4, -0.2) is 50.0 Å². The van der Waals surface area contributed by atoms with E-state index < -0.39 is 54.3 Å². The molecule has 0 aliphatic heterocycles. The summed E-state index contributed by atoms with van der Waals surface area (Å²) in [5, 5.41) is 15.3. The van der Waals surface area contributed by atoms with Gasteiger partial charge < -0.3 is 20.5 Å². The highest BCUT2D eigenvalue weighted by atomic mass is 19.4. The molecule has 0 bridgehead atoms. The van der Waals surface area contributed by atoms with Gasteiger partial charge in [0.2, 0.25) is 11.8 Å². The van der Waals surface area contributed by atoms with Crippen LogP contribution in [0.2, 0.25) is 0 Å². The van der Waals surface area contributed by atoms with Crippen molar-refractivity contribution < 1.29 is 36.2 Å². The topological polar surface area (TPSA) is 105 Å². The first-order valence-electron chi connectivity index (χ1n) is 9.88. The molecule has 2 heterocycles. The number of alkyl halides is 6. The van der Waals surface area contributed by atoms with Crippen LogP contribution in [0.3, 0.4) is 0 Å². The summed E-state index contributed by atoms with van der Waals surface area (Å²) in [7, 11) is 0. The maximum atomic E-state index is 13.4. The Kier molecular flexibility index (Phi) is 6.86. The summed E-state index contributed by atoms with van der Waals surface area (Å²) in [6.45, 7) is 2.69. The molecule has 1 saturated carbocycles. The van der Waals surface area contributed by atoms with Crippen molar-refractivity contribution in [3.8, 4) is 5.88 Å². The van der Waals surface area contributed by atoms with E-state index in [1.165, 1.54) is 6.20 Å². The summed E-state index contributed by atoms with van der Waals surface area (Å²) in [5.74, 6) is -0.707. The molecular formula is C19H22F6N6O2. The summed E-state index contributed by atoms with van der Waals surface area (Å²) in [5.41, 5.74) is -1.45. The van der Waals surface area contributed by atoms with Crippen molar-refractivity contribution in [1.82, 2.24) is 19.9 Å². The molecule has 0 radical (unpaired) electrons. The molecule has 14 heteroatoms. The number of halogens is 6. The number of hydrogen-bond acceptors (Lipinski definition) is 8. The Bertz CT molecular complexity index is 969. The van der Waals surface area contributed by atoms with Crippen molar-refractivity contribution in [2.75, 3.05) is 17.2 Å². The standard InChI is InChI=1S/C19H22F6N6O2/c1-17(2)12(5-13(17)32)30-14-11(19(23,24)25)8-28-16(31-14)27-7-10-6-26-9-29-15(10)33-4-3-18(20,21)22/h6,8-9,12-13,32H,3-5,7H2,1-2H3,(H2,27,28,30,31)/t12-,13-/m1/s1. The summed E-state index contributed by atoms with van der Waals surface area (Å²) in [6.07, 6.45) is -7.65. The van der Waals surface area contributed by atoms with E-state index in [4.69, 9.17) is 4.74 Å². The molecule has 2 atom stereocenters. The predicted molar refractivity (Wildman–Crippen MR) is 104 cm³/mol. The fraction of sp³-hybridized carbons (Fsp3) is 0.579. The minimum atomic E-state index is -4.71. The van der Waals surface area contributed by atoms with Crippen LogP contribution >= 0.6 is 0 Å². The Labute approximate surface area is 184 Å². The number of aliphatic hydroxyl groups excluding tert-OH is 1. The second-order valence-corrected chi connectivity index (χ2v) is 8.14. The fourth-order valence-corrected chi connectivity index (χ4v) is 3.13. The van der Waals surface area contributed by atoms with Crippen LogP contribution in [0.4, 0.5) is 38.1 Å². The molecule has 0 amide bonds. The average Bonchev–Trinajstić information content (AvgIpc) is 2.71. The molecule has 0 unspecified atom stereocenters. The highest BCUT2D eigenvalue weighted by molar-refractivity contribution is 5.50. The van der Waals surface area contributed by atoms with Crippen molar-refractivity contribution in [1.29, 1.82) is 0 Å². The summed E-state index contributed by atoms with van der Waals surface area (Å²) >= 11 is 0. The molecule has 1 fully saturated rings. The summed E-state index contributed by atoms with van der Waals surface area (Å²) < 4.78 is 82.3. The van der Waals surface area contributed by atoms with Gasteiger partial charge in [0.25, 0.3) is 0 Å². The van der Waals surface area contributed by atoms with Crippen LogP contribution < -0.4 is 15.4 Å². The lowest BCUT2D eigenvalue weighted by atomic mass is 9.64. The molecule has 0 spiro atoms. The zero-order valence-electron chi connectivity index (χ0n) is 17.6. The van der Waals surface area contributed by atoms with E-state index in [1.54, 1.807) is 13.8 Å². The average molecular weight is 480 g/mol. The number of nitrogens with zero attached hydrogens (tertiary/aromatic N) is 4. The monoisotopic (exact) mass is 480 g/mol. The normalized spacial score (nSPS) is 20.2. The predicted octanol–water partition coefficient (Wildman–Crippen LogP) is 3.80. The van der Waals surface area contributed by atoms with Crippen LogP contribution in [0.25, 0.3) is 0 Å². The van der Waals surface area contributed by atoms with Crippen LogP contribution in [0.15, 0.2) is 18.7 Å². The maximum absolute atomic E-state index is 13.4. The number of aromatic nitrogens is 4. The molecule has 1 aliphatic carbocycles. The highest BCUT2D eigenvalue weighted by Crippen LogP contribution is 2.43. The zero-order valence-corrected chi connectivity index (χ0v) is 17.6. The third kappa shape index (κ3) is 6.12. The molecule has 182 valence electrons. The molecule has 33 heavy (non-hydrogen) atoms. The van der Waals surface area contributed by atoms with Crippen LogP contribution in [0, 0.1) is 5.41 Å². The highest BCUT2D eigenvalue weighted by Gasteiger charge is 2.48. The van der Waals surface area contributed by atoms with Gasteiger partial charge in [0.15, 0.2) is 0 Å². The largest absolute Gasteiger partial charge is 0.477 e. The van der Waals surface area contributed by atoms with Crippen LogP contribution in [0.1, 0.15) is 37.8 Å². The van der Waals surface area contributed by atoms with E-state index in [1.807, 2.05) is 0 Å². The molecule has 3 rings (SSSR count). The number of nitrogens with one attached hydrogen (secondary N) is 2. The van der Waals surface area contributed by atoms with Gasteiger partial charge in [-0.15, -0.1) is 0 Å². The van der Waals surface area contributed by atoms with Crippen LogP contribution in [-0.2, 0) is 12.7 Å². The Morgan fingerprint density at radius 2 is 1.88 bits per heavy atom. The SMILES string of the molecule is CC1(C)[C@H](O)C[C@H]1Nc1nc(NCc2cncnc2OCCC(F)(F)F)ncc1C(F)(F)F. The van der Waals surface area contributed by atoms with Crippen molar-refractivity contribution in [3.05, 3.63) is 29.8 Å². The molecule has 3 N–H and O–H groups in total. The van der Waals surface area contributed by atoms with Gasteiger partial charge in [-0.1, -0.05) is 13.8 Å². The third-order valence-corrected chi connectivity index (χ3v) is 5.43. The first-order chi connectivity index (χ1) is 15.3. The Hall–Kier alpha value is -2.90. The van der Waals surface area contributed by atoms with Gasteiger partial charge >= 0.3 is 12.4 Å². The molecular weight excluding hydrogens is 458 g/mol. The van der Waals surface area contributed by atoms with Crippen LogP contribution in [0.5, 0.6) is 5.88 Å². The molecule has 2 aromatic rings. The lowest BCUT2D eigenvalue weighted by molar-refractivity contribution is -0.140. The molecule has 2 aromatic heterocycles. The number of anilines is 2. The lowest BCUT2D eigenvalue weighted by Crippen LogP contribution is -2.57. The van der Waals surface area contributed by atoms with E-state index >= 15 is 0 Å². The molecule has 0 aromatic carbocycles. The van der Waals surface area contributed by atoms with Crippen molar-refractivity contribution in [2.24, 2.45) is 5.41 Å². The first kappa shape index (κ1) is 24.7. The second-order valence-electron chi connectivity index (χ2n) is 8.14. The van der Waals surface area contributed by atoms with Gasteiger partial charge in [0, 0.05) is 30.4 Å². The van der Waals surface area contributed by atoms with Crippen molar-refractivity contribution in [3.63, 3.8) is 0 Å². The number of aliphatic hydroxyl groups is 1. The Balaban J connectivity index is 1.73. The summed E-state index contributed by atoms with van der Waals surface area (Å²) in [6, 6.07) is -0.437. The van der Waals surface area contributed by atoms with E-state index in [0.29, 0.717) is 6.20 Å². The van der Waals surface area contributed by atoms with Gasteiger partial charge in [-0.05, 0) is 6.42 Å². The van der Waals surface area contributed by atoms with Gasteiger partial charge in [0.05, 0.1) is 24.7 Å². The smallest absolute Gasteiger partial charge is 0.421 e. The Morgan fingerprint density at radius 1 is 1.15 bits per heavy atom. The van der Waals surface area contributed by atoms with Crippen molar-refractivity contribution in [2.45, 2.75) is 57.7 Å². The van der Waals surface area contributed by atoms with E-state index in [-0.39, 0.29) is 30.4 Å². The quantitative estimate of drug-likeness (QED) is 0.490. The number of ether oxygens (including phenoxy) is 1.